The van der Waals surface area contributed by atoms with Gasteiger partial charge in [0.2, 0.25) is 0 Å². The van der Waals surface area contributed by atoms with Crippen LogP contribution in [-0.2, 0) is 6.42 Å². The lowest BCUT2D eigenvalue weighted by Crippen LogP contribution is -2.38. The van der Waals surface area contributed by atoms with Gasteiger partial charge in [0.15, 0.2) is 0 Å². The van der Waals surface area contributed by atoms with E-state index in [0.29, 0.717) is 0 Å². The van der Waals surface area contributed by atoms with E-state index >= 15 is 0 Å². The van der Waals surface area contributed by atoms with E-state index in [0.717, 1.165) is 6.42 Å². The van der Waals surface area contributed by atoms with E-state index in [1.165, 1.54) is 49.7 Å². The van der Waals surface area contributed by atoms with Crippen molar-refractivity contribution < 1.29 is 0 Å². The standard InChI is InChI=1S/C15H23N3/c16-18-15(11-13-7-6-10-17-12-13)14-8-4-2-1-3-5-9-14/h6-8,10,12,15,18H,1-5,9,11,16H2/b14-8+. The molecule has 3 heteroatoms. The molecule has 1 heterocycles. The minimum Gasteiger partial charge on any atom is -0.271 e. The van der Waals surface area contributed by atoms with Crippen LogP contribution in [0, 0.1) is 0 Å². The fourth-order valence-electron chi connectivity index (χ4n) is 2.58. The normalized spacial score (nSPS) is 21.5. The number of allylic oxidation sites excluding steroid dienone is 1. The van der Waals surface area contributed by atoms with E-state index in [4.69, 9.17) is 5.84 Å². The zero-order valence-electron chi connectivity index (χ0n) is 10.9. The number of hydrazine groups is 1. The Labute approximate surface area is 109 Å². The first-order valence-electron chi connectivity index (χ1n) is 6.94. The molecular weight excluding hydrogens is 222 g/mol. The molecule has 2 rings (SSSR count). The summed E-state index contributed by atoms with van der Waals surface area (Å²) in [5.41, 5.74) is 5.68. The Bertz CT molecular complexity index is 373. The van der Waals surface area contributed by atoms with Crippen molar-refractivity contribution in [3.63, 3.8) is 0 Å². The molecule has 98 valence electrons. The third-order valence-electron chi connectivity index (χ3n) is 3.64. The molecule has 3 nitrogen and oxygen atoms in total. The maximum atomic E-state index is 5.73. The van der Waals surface area contributed by atoms with Gasteiger partial charge in [-0.1, -0.05) is 30.6 Å². The van der Waals surface area contributed by atoms with E-state index in [1.54, 1.807) is 0 Å². The zero-order chi connectivity index (χ0) is 12.6. The maximum Gasteiger partial charge on any atom is 0.0460 e. The Morgan fingerprint density at radius 2 is 2.17 bits per heavy atom. The van der Waals surface area contributed by atoms with Gasteiger partial charge in [-0.3, -0.25) is 16.3 Å². The molecule has 0 aliphatic heterocycles. The topological polar surface area (TPSA) is 50.9 Å². The molecule has 0 saturated heterocycles. The average molecular weight is 245 g/mol. The molecule has 0 aromatic carbocycles. The van der Waals surface area contributed by atoms with Crippen molar-refractivity contribution in [2.45, 2.75) is 51.0 Å². The fraction of sp³-hybridized carbons (Fsp3) is 0.533. The van der Waals surface area contributed by atoms with Crippen molar-refractivity contribution in [2.75, 3.05) is 0 Å². The van der Waals surface area contributed by atoms with Crippen LogP contribution in [-0.4, -0.2) is 11.0 Å². The summed E-state index contributed by atoms with van der Waals surface area (Å²) < 4.78 is 0. The number of nitrogens with two attached hydrogens (primary N) is 1. The summed E-state index contributed by atoms with van der Waals surface area (Å²) in [4.78, 5) is 4.16. The van der Waals surface area contributed by atoms with Crippen LogP contribution in [0.3, 0.4) is 0 Å². The van der Waals surface area contributed by atoms with Crippen LogP contribution in [0.4, 0.5) is 0 Å². The zero-order valence-corrected chi connectivity index (χ0v) is 10.9. The van der Waals surface area contributed by atoms with Crippen molar-refractivity contribution in [2.24, 2.45) is 5.84 Å². The van der Waals surface area contributed by atoms with Crippen LogP contribution < -0.4 is 11.3 Å². The lowest BCUT2D eigenvalue weighted by atomic mass is 9.92. The molecule has 0 fully saturated rings. The van der Waals surface area contributed by atoms with E-state index in [2.05, 4.69) is 22.6 Å². The Hall–Kier alpha value is -1.19. The van der Waals surface area contributed by atoms with Gasteiger partial charge in [0, 0.05) is 18.4 Å². The van der Waals surface area contributed by atoms with Crippen LogP contribution in [0.2, 0.25) is 0 Å². The minimum absolute atomic E-state index is 0.257. The second-order valence-corrected chi connectivity index (χ2v) is 5.02. The summed E-state index contributed by atoms with van der Waals surface area (Å²) in [5.74, 6) is 5.73. The van der Waals surface area contributed by atoms with Crippen molar-refractivity contribution in [3.8, 4) is 0 Å². The highest BCUT2D eigenvalue weighted by atomic mass is 15.2. The Kier molecular flexibility index (Phi) is 5.36. The molecule has 0 spiro atoms. The van der Waals surface area contributed by atoms with Gasteiger partial charge < -0.3 is 0 Å². The summed E-state index contributed by atoms with van der Waals surface area (Å²) in [5, 5.41) is 0. The van der Waals surface area contributed by atoms with E-state index in [1.807, 2.05) is 18.5 Å². The Morgan fingerprint density at radius 1 is 1.28 bits per heavy atom. The van der Waals surface area contributed by atoms with Crippen LogP contribution in [0.1, 0.15) is 44.1 Å². The Morgan fingerprint density at radius 3 is 2.94 bits per heavy atom. The number of rotatable bonds is 4. The number of aromatic nitrogens is 1. The van der Waals surface area contributed by atoms with Crippen molar-refractivity contribution in [3.05, 3.63) is 41.7 Å². The minimum atomic E-state index is 0.257. The smallest absolute Gasteiger partial charge is 0.0460 e. The molecule has 1 aromatic rings. The lowest BCUT2D eigenvalue weighted by Gasteiger charge is -2.21. The van der Waals surface area contributed by atoms with Gasteiger partial charge >= 0.3 is 0 Å². The highest BCUT2D eigenvalue weighted by molar-refractivity contribution is 5.18. The molecule has 3 N–H and O–H groups in total. The van der Waals surface area contributed by atoms with E-state index < -0.39 is 0 Å². The highest BCUT2D eigenvalue weighted by Gasteiger charge is 2.14. The predicted molar refractivity (Wildman–Crippen MR) is 74.8 cm³/mol. The fourth-order valence-corrected chi connectivity index (χ4v) is 2.58. The maximum absolute atomic E-state index is 5.73. The van der Waals surface area contributed by atoms with Crippen LogP contribution in [0.5, 0.6) is 0 Å². The van der Waals surface area contributed by atoms with E-state index in [-0.39, 0.29) is 6.04 Å². The molecule has 1 unspecified atom stereocenters. The van der Waals surface area contributed by atoms with Gasteiger partial charge in [0.05, 0.1) is 0 Å². The molecule has 18 heavy (non-hydrogen) atoms. The first-order valence-corrected chi connectivity index (χ1v) is 6.94. The van der Waals surface area contributed by atoms with Crippen molar-refractivity contribution >= 4 is 0 Å². The molecule has 1 atom stereocenters. The molecule has 0 bridgehead atoms. The summed E-state index contributed by atoms with van der Waals surface area (Å²) in [6.45, 7) is 0. The summed E-state index contributed by atoms with van der Waals surface area (Å²) in [6, 6.07) is 4.35. The van der Waals surface area contributed by atoms with Gasteiger partial charge in [-0.2, -0.15) is 0 Å². The summed E-state index contributed by atoms with van der Waals surface area (Å²) in [7, 11) is 0. The number of hydrogen-bond acceptors (Lipinski definition) is 3. The molecule has 0 saturated carbocycles. The number of nitrogens with zero attached hydrogens (tertiary/aromatic N) is 1. The first-order chi connectivity index (χ1) is 8.90. The van der Waals surface area contributed by atoms with Crippen LogP contribution in [0.25, 0.3) is 0 Å². The highest BCUT2D eigenvalue weighted by Crippen LogP contribution is 2.21. The van der Waals surface area contributed by atoms with Crippen LogP contribution >= 0.6 is 0 Å². The molecule has 1 aromatic heterocycles. The molecule has 1 aliphatic carbocycles. The largest absolute Gasteiger partial charge is 0.271 e. The third kappa shape index (κ3) is 3.93. The predicted octanol–water partition coefficient (Wildman–Crippen LogP) is 2.74. The number of hydrogen-bond donors (Lipinski definition) is 2. The molecule has 0 radical (unpaired) electrons. The molecule has 1 aliphatic rings. The van der Waals surface area contributed by atoms with Gasteiger partial charge in [0.1, 0.15) is 0 Å². The number of nitrogens with one attached hydrogen (secondary N) is 1. The van der Waals surface area contributed by atoms with Gasteiger partial charge in [-0.15, -0.1) is 0 Å². The first kappa shape index (κ1) is 13.2. The number of pyridine rings is 1. The summed E-state index contributed by atoms with van der Waals surface area (Å²) >= 11 is 0. The van der Waals surface area contributed by atoms with Gasteiger partial charge in [-0.05, 0) is 43.7 Å². The Balaban J connectivity index is 2.02. The van der Waals surface area contributed by atoms with E-state index in [9.17, 15) is 0 Å². The third-order valence-corrected chi connectivity index (χ3v) is 3.64. The van der Waals surface area contributed by atoms with Gasteiger partial charge in [-0.25, -0.2) is 0 Å². The van der Waals surface area contributed by atoms with Crippen molar-refractivity contribution in [1.29, 1.82) is 0 Å². The SMILES string of the molecule is NNC(Cc1cccnc1)/C1=C/CCCCCC1. The second kappa shape index (κ2) is 7.29. The molecule has 0 amide bonds. The quantitative estimate of drug-likeness (QED) is 0.487. The molecular formula is C15H23N3. The average Bonchev–Trinajstić information content (AvgIpc) is 2.37. The second-order valence-electron chi connectivity index (χ2n) is 5.02. The van der Waals surface area contributed by atoms with Crippen molar-refractivity contribution in [1.82, 2.24) is 10.4 Å². The van der Waals surface area contributed by atoms with Gasteiger partial charge in [0.25, 0.3) is 0 Å². The summed E-state index contributed by atoms with van der Waals surface area (Å²) in [6.07, 6.45) is 14.7. The monoisotopic (exact) mass is 245 g/mol. The lowest BCUT2D eigenvalue weighted by molar-refractivity contribution is 0.536. The van der Waals surface area contributed by atoms with Crippen LogP contribution in [0.15, 0.2) is 36.2 Å².